The lowest BCUT2D eigenvalue weighted by Gasteiger charge is -2.15. The van der Waals surface area contributed by atoms with Crippen LogP contribution in [-0.4, -0.2) is 21.9 Å². The van der Waals surface area contributed by atoms with E-state index in [-0.39, 0.29) is 29.4 Å². The zero-order valence-electron chi connectivity index (χ0n) is 13.6. The fourth-order valence-corrected chi connectivity index (χ4v) is 3.92. The first-order chi connectivity index (χ1) is 11.7. The van der Waals surface area contributed by atoms with Gasteiger partial charge < -0.3 is 10.2 Å². The van der Waals surface area contributed by atoms with Crippen LogP contribution in [0, 0.1) is 5.82 Å². The standard InChI is InChI=1S/C18H17Cl2FO3S/c1-9(2)17-15(22)4-3-10(18(17)21)5-12-13(19)6-11(7-14(12)20)25-8-16(23)24/h3-4,6-7,9,22H,5,8H2,1-2H3,(H,23,24). The summed E-state index contributed by atoms with van der Waals surface area (Å²) in [5.74, 6) is -1.74. The van der Waals surface area contributed by atoms with E-state index in [9.17, 15) is 14.3 Å². The second-order valence-electron chi connectivity index (χ2n) is 5.85. The van der Waals surface area contributed by atoms with Gasteiger partial charge in [-0.1, -0.05) is 43.1 Å². The average Bonchev–Trinajstić information content (AvgIpc) is 2.50. The van der Waals surface area contributed by atoms with Gasteiger partial charge in [-0.3, -0.25) is 4.79 Å². The van der Waals surface area contributed by atoms with Gasteiger partial charge in [-0.05, 0) is 35.2 Å². The summed E-state index contributed by atoms with van der Waals surface area (Å²) in [6.07, 6.45) is 0.174. The number of aliphatic carboxylic acids is 1. The minimum atomic E-state index is -0.936. The summed E-state index contributed by atoms with van der Waals surface area (Å²) in [4.78, 5) is 11.3. The van der Waals surface area contributed by atoms with E-state index in [2.05, 4.69) is 0 Å². The fourth-order valence-electron chi connectivity index (χ4n) is 2.48. The van der Waals surface area contributed by atoms with E-state index in [0.717, 1.165) is 11.8 Å². The van der Waals surface area contributed by atoms with Crippen LogP contribution in [0.2, 0.25) is 10.0 Å². The number of rotatable bonds is 6. The molecule has 2 N–H and O–H groups in total. The smallest absolute Gasteiger partial charge is 0.313 e. The van der Waals surface area contributed by atoms with Crippen LogP contribution < -0.4 is 0 Å². The Labute approximate surface area is 159 Å². The number of hydrogen-bond acceptors (Lipinski definition) is 3. The van der Waals surface area contributed by atoms with E-state index in [1.54, 1.807) is 26.0 Å². The molecule has 0 unspecified atom stereocenters. The molecule has 0 fully saturated rings. The van der Waals surface area contributed by atoms with E-state index in [1.807, 2.05) is 0 Å². The molecule has 0 bridgehead atoms. The number of aromatic hydroxyl groups is 1. The van der Waals surface area contributed by atoms with Crippen LogP contribution in [0.5, 0.6) is 5.75 Å². The van der Waals surface area contributed by atoms with Crippen molar-refractivity contribution in [2.24, 2.45) is 0 Å². The molecule has 7 heteroatoms. The first-order valence-corrected chi connectivity index (χ1v) is 9.27. The number of hydrogen-bond donors (Lipinski definition) is 2. The SMILES string of the molecule is CC(C)c1c(O)ccc(Cc2c(Cl)cc(SCC(=O)O)cc2Cl)c1F. The molecule has 25 heavy (non-hydrogen) atoms. The van der Waals surface area contributed by atoms with E-state index in [0.29, 0.717) is 26.1 Å². The third kappa shape index (κ3) is 4.81. The topological polar surface area (TPSA) is 57.5 Å². The van der Waals surface area contributed by atoms with Crippen molar-refractivity contribution >= 4 is 40.9 Å². The van der Waals surface area contributed by atoms with Gasteiger partial charge >= 0.3 is 5.97 Å². The second kappa shape index (κ2) is 8.30. The zero-order valence-corrected chi connectivity index (χ0v) is 16.0. The van der Waals surface area contributed by atoms with Gasteiger partial charge in [0.15, 0.2) is 0 Å². The number of phenolic OH excluding ortho intramolecular Hbond substituents is 1. The highest BCUT2D eigenvalue weighted by Gasteiger charge is 2.18. The number of carboxylic acid groups (broad SMARTS) is 1. The quantitative estimate of drug-likeness (QED) is 0.605. The zero-order chi connectivity index (χ0) is 18.7. The van der Waals surface area contributed by atoms with E-state index >= 15 is 0 Å². The van der Waals surface area contributed by atoms with Crippen LogP contribution in [0.3, 0.4) is 0 Å². The molecule has 0 aliphatic carbocycles. The molecular formula is C18H17Cl2FO3S. The van der Waals surface area contributed by atoms with Gasteiger partial charge in [0.1, 0.15) is 11.6 Å². The van der Waals surface area contributed by atoms with Crippen molar-refractivity contribution in [3.8, 4) is 5.75 Å². The molecule has 0 spiro atoms. The Balaban J connectivity index is 2.35. The summed E-state index contributed by atoms with van der Waals surface area (Å²) >= 11 is 13.6. The lowest BCUT2D eigenvalue weighted by atomic mass is 9.95. The molecule has 0 aliphatic rings. The number of phenols is 1. The van der Waals surface area contributed by atoms with E-state index < -0.39 is 11.8 Å². The maximum absolute atomic E-state index is 14.7. The number of thioether (sulfide) groups is 1. The van der Waals surface area contributed by atoms with Crippen molar-refractivity contribution in [2.45, 2.75) is 31.1 Å². The molecule has 0 radical (unpaired) electrons. The molecule has 0 atom stereocenters. The minimum Gasteiger partial charge on any atom is -0.508 e. The summed E-state index contributed by atoms with van der Waals surface area (Å²) < 4.78 is 14.7. The largest absolute Gasteiger partial charge is 0.508 e. The summed E-state index contributed by atoms with van der Waals surface area (Å²) in [6.45, 7) is 3.60. The van der Waals surface area contributed by atoms with Crippen LogP contribution in [0.1, 0.15) is 36.5 Å². The second-order valence-corrected chi connectivity index (χ2v) is 7.71. The van der Waals surface area contributed by atoms with Crippen molar-refractivity contribution in [2.75, 3.05) is 5.75 Å². The van der Waals surface area contributed by atoms with Gasteiger partial charge in [-0.25, -0.2) is 4.39 Å². The average molecular weight is 403 g/mol. The normalized spacial score (nSPS) is 11.1. The Kier molecular flexibility index (Phi) is 6.60. The first-order valence-electron chi connectivity index (χ1n) is 7.53. The van der Waals surface area contributed by atoms with E-state index in [1.165, 1.54) is 12.1 Å². The molecule has 2 aromatic carbocycles. The number of carboxylic acids is 1. The molecule has 0 aliphatic heterocycles. The van der Waals surface area contributed by atoms with Crippen LogP contribution in [0.15, 0.2) is 29.2 Å². The van der Waals surface area contributed by atoms with Crippen molar-refractivity contribution in [3.63, 3.8) is 0 Å². The number of benzene rings is 2. The maximum Gasteiger partial charge on any atom is 0.313 e. The van der Waals surface area contributed by atoms with Crippen LogP contribution in [0.25, 0.3) is 0 Å². The summed E-state index contributed by atoms with van der Waals surface area (Å²) in [6, 6.07) is 6.22. The molecule has 0 saturated heterocycles. The van der Waals surface area contributed by atoms with Gasteiger partial charge in [0.25, 0.3) is 0 Å². The summed E-state index contributed by atoms with van der Waals surface area (Å²) in [7, 11) is 0. The Morgan fingerprint density at radius 2 is 1.84 bits per heavy atom. The molecule has 0 heterocycles. The molecule has 0 aromatic heterocycles. The van der Waals surface area contributed by atoms with Crippen LogP contribution in [0.4, 0.5) is 4.39 Å². The van der Waals surface area contributed by atoms with E-state index in [4.69, 9.17) is 28.3 Å². The summed E-state index contributed by atoms with van der Waals surface area (Å²) in [5, 5.41) is 19.3. The third-order valence-corrected chi connectivity index (χ3v) is 5.29. The minimum absolute atomic E-state index is 0.0751. The van der Waals surface area contributed by atoms with Gasteiger partial charge in [0.05, 0.1) is 5.75 Å². The van der Waals surface area contributed by atoms with Gasteiger partial charge in [-0.15, -0.1) is 11.8 Å². The van der Waals surface area contributed by atoms with Crippen molar-refractivity contribution in [1.29, 1.82) is 0 Å². The lowest BCUT2D eigenvalue weighted by Crippen LogP contribution is -2.02. The highest BCUT2D eigenvalue weighted by atomic mass is 35.5. The Morgan fingerprint density at radius 1 is 1.24 bits per heavy atom. The molecule has 0 amide bonds. The molecule has 0 saturated carbocycles. The Bertz CT molecular complexity index is 786. The van der Waals surface area contributed by atoms with Crippen molar-refractivity contribution in [3.05, 3.63) is 56.8 Å². The predicted octanol–water partition coefficient (Wildman–Crippen LogP) is 5.73. The highest BCUT2D eigenvalue weighted by Crippen LogP contribution is 2.35. The van der Waals surface area contributed by atoms with Crippen molar-refractivity contribution < 1.29 is 19.4 Å². The molecular weight excluding hydrogens is 386 g/mol. The van der Waals surface area contributed by atoms with Gasteiger partial charge in [-0.2, -0.15) is 0 Å². The van der Waals surface area contributed by atoms with Gasteiger partial charge in [0.2, 0.25) is 0 Å². The van der Waals surface area contributed by atoms with Crippen LogP contribution in [-0.2, 0) is 11.2 Å². The molecule has 2 rings (SSSR count). The fraction of sp³-hybridized carbons (Fsp3) is 0.278. The summed E-state index contributed by atoms with van der Waals surface area (Å²) in [5.41, 5.74) is 1.21. The Hall–Kier alpha value is -1.43. The third-order valence-electron chi connectivity index (χ3n) is 3.66. The molecule has 3 nitrogen and oxygen atoms in total. The first kappa shape index (κ1) is 19.9. The molecule has 134 valence electrons. The number of carbonyl (C=O) groups is 1. The maximum atomic E-state index is 14.7. The van der Waals surface area contributed by atoms with Crippen LogP contribution >= 0.6 is 35.0 Å². The highest BCUT2D eigenvalue weighted by molar-refractivity contribution is 8.00. The number of halogens is 3. The predicted molar refractivity (Wildman–Crippen MR) is 99.8 cm³/mol. The van der Waals surface area contributed by atoms with Gasteiger partial charge in [0, 0.05) is 26.9 Å². The Morgan fingerprint density at radius 3 is 2.36 bits per heavy atom. The lowest BCUT2D eigenvalue weighted by molar-refractivity contribution is -0.133. The molecule has 2 aromatic rings. The monoisotopic (exact) mass is 402 g/mol. The van der Waals surface area contributed by atoms with Crippen molar-refractivity contribution in [1.82, 2.24) is 0 Å².